The lowest BCUT2D eigenvalue weighted by Gasteiger charge is -2.23. The Kier molecular flexibility index (Phi) is 6.76. The van der Waals surface area contributed by atoms with Gasteiger partial charge in [-0.05, 0) is 44.1 Å². The number of carbonyl (C=O) groups excluding carboxylic acids is 1. The molecular formula is C16H23FN2O3. The smallest absolute Gasteiger partial charge is 0.251 e. The fraction of sp³-hybridized carbons (Fsp3) is 0.562. The largest absolute Gasteiger partial charge is 0.382 e. The molecule has 1 aliphatic rings. The molecule has 1 aliphatic heterocycles. The van der Waals surface area contributed by atoms with Gasteiger partial charge in [0.2, 0.25) is 0 Å². The first kappa shape index (κ1) is 16.9. The summed E-state index contributed by atoms with van der Waals surface area (Å²) in [6.07, 6.45) is 1.83. The van der Waals surface area contributed by atoms with Gasteiger partial charge in [0.1, 0.15) is 5.82 Å². The van der Waals surface area contributed by atoms with Crippen molar-refractivity contribution in [2.24, 2.45) is 0 Å². The summed E-state index contributed by atoms with van der Waals surface area (Å²) in [5.74, 6) is -0.527. The molecule has 0 atom stereocenters. The van der Waals surface area contributed by atoms with Gasteiger partial charge in [0.25, 0.3) is 5.91 Å². The number of amides is 1. The first-order valence-electron chi connectivity index (χ1n) is 7.57. The molecule has 2 rings (SSSR count). The van der Waals surface area contributed by atoms with Gasteiger partial charge in [0.15, 0.2) is 0 Å². The number of piperidine rings is 1. The lowest BCUT2D eigenvalue weighted by Crippen LogP contribution is -2.42. The predicted molar refractivity (Wildman–Crippen MR) is 81.3 cm³/mol. The summed E-state index contributed by atoms with van der Waals surface area (Å²) in [5.41, 5.74) is 0.847. The molecule has 6 heteroatoms. The van der Waals surface area contributed by atoms with Crippen LogP contribution in [0.5, 0.6) is 0 Å². The molecule has 0 unspecified atom stereocenters. The fourth-order valence-corrected chi connectivity index (χ4v) is 2.39. The number of nitrogens with one attached hydrogen (secondary N) is 2. The van der Waals surface area contributed by atoms with Crippen molar-refractivity contribution in [2.75, 3.05) is 33.4 Å². The van der Waals surface area contributed by atoms with Gasteiger partial charge in [0, 0.05) is 24.3 Å². The zero-order valence-electron chi connectivity index (χ0n) is 12.9. The molecule has 0 saturated carbocycles. The van der Waals surface area contributed by atoms with Gasteiger partial charge in [-0.3, -0.25) is 4.79 Å². The summed E-state index contributed by atoms with van der Waals surface area (Å²) in [5, 5.41) is 6.25. The van der Waals surface area contributed by atoms with E-state index < -0.39 is 0 Å². The third-order valence-electron chi connectivity index (χ3n) is 3.67. The first-order chi connectivity index (χ1) is 10.7. The van der Waals surface area contributed by atoms with Crippen LogP contribution in [0.25, 0.3) is 0 Å². The van der Waals surface area contributed by atoms with Crippen LogP contribution < -0.4 is 10.6 Å². The van der Waals surface area contributed by atoms with Crippen molar-refractivity contribution in [3.63, 3.8) is 0 Å². The monoisotopic (exact) mass is 310 g/mol. The van der Waals surface area contributed by atoms with Gasteiger partial charge in [0.05, 0.1) is 19.8 Å². The predicted octanol–water partition coefficient (Wildman–Crippen LogP) is 1.47. The van der Waals surface area contributed by atoms with E-state index in [0.29, 0.717) is 24.3 Å². The van der Waals surface area contributed by atoms with Crippen LogP contribution in [0, 0.1) is 5.82 Å². The summed E-state index contributed by atoms with van der Waals surface area (Å²) in [7, 11) is 1.58. The molecule has 1 aromatic rings. The molecule has 0 aromatic heterocycles. The Morgan fingerprint density at radius 1 is 1.36 bits per heavy atom. The van der Waals surface area contributed by atoms with Gasteiger partial charge in [-0.2, -0.15) is 0 Å². The van der Waals surface area contributed by atoms with Crippen molar-refractivity contribution in [3.05, 3.63) is 35.1 Å². The average molecular weight is 310 g/mol. The van der Waals surface area contributed by atoms with Crippen molar-refractivity contribution in [1.29, 1.82) is 0 Å². The number of carbonyl (C=O) groups is 1. The van der Waals surface area contributed by atoms with E-state index in [4.69, 9.17) is 9.47 Å². The second-order valence-electron chi connectivity index (χ2n) is 5.35. The minimum Gasteiger partial charge on any atom is -0.382 e. The number of hydrogen-bond acceptors (Lipinski definition) is 4. The molecule has 2 N–H and O–H groups in total. The Hall–Kier alpha value is -1.50. The molecule has 1 aromatic carbocycles. The maximum Gasteiger partial charge on any atom is 0.251 e. The Labute approximate surface area is 130 Å². The third-order valence-corrected chi connectivity index (χ3v) is 3.67. The number of rotatable bonds is 7. The van der Waals surface area contributed by atoms with Crippen molar-refractivity contribution < 1.29 is 18.7 Å². The molecule has 22 heavy (non-hydrogen) atoms. The summed E-state index contributed by atoms with van der Waals surface area (Å²) in [4.78, 5) is 12.2. The minimum atomic E-state index is -0.365. The maximum atomic E-state index is 13.7. The third kappa shape index (κ3) is 5.05. The summed E-state index contributed by atoms with van der Waals surface area (Å²) in [6.45, 7) is 2.79. The van der Waals surface area contributed by atoms with Crippen molar-refractivity contribution in [2.45, 2.75) is 25.5 Å². The minimum absolute atomic E-state index is 0.129. The molecular weight excluding hydrogens is 287 g/mol. The number of methoxy groups -OCH3 is 1. The molecule has 122 valence electrons. The van der Waals surface area contributed by atoms with Crippen LogP contribution in [0.2, 0.25) is 0 Å². The second kappa shape index (κ2) is 8.82. The highest BCUT2D eigenvalue weighted by molar-refractivity contribution is 5.94. The van der Waals surface area contributed by atoms with Crippen LogP contribution in [0.1, 0.15) is 28.8 Å². The average Bonchev–Trinajstić information content (AvgIpc) is 2.54. The molecule has 0 radical (unpaired) electrons. The normalized spacial score (nSPS) is 15.7. The highest BCUT2D eigenvalue weighted by Crippen LogP contribution is 2.13. The topological polar surface area (TPSA) is 59.6 Å². The molecule has 0 aliphatic carbocycles. The summed E-state index contributed by atoms with van der Waals surface area (Å²) in [6, 6.07) is 4.55. The van der Waals surface area contributed by atoms with E-state index in [1.165, 1.54) is 12.1 Å². The molecule has 1 heterocycles. The zero-order valence-corrected chi connectivity index (χ0v) is 12.9. The number of halogens is 1. The van der Waals surface area contributed by atoms with Crippen LogP contribution in [0.3, 0.4) is 0 Å². The van der Waals surface area contributed by atoms with Gasteiger partial charge in [-0.15, -0.1) is 0 Å². The number of hydrogen-bond donors (Lipinski definition) is 2. The van der Waals surface area contributed by atoms with E-state index in [2.05, 4.69) is 10.6 Å². The van der Waals surface area contributed by atoms with Gasteiger partial charge >= 0.3 is 0 Å². The molecule has 1 saturated heterocycles. The molecule has 0 spiro atoms. The number of ether oxygens (including phenoxy) is 2. The van der Waals surface area contributed by atoms with Crippen molar-refractivity contribution in [3.8, 4) is 0 Å². The van der Waals surface area contributed by atoms with Crippen LogP contribution in [0.15, 0.2) is 18.2 Å². The Bertz CT molecular complexity index is 490. The van der Waals surface area contributed by atoms with Crippen molar-refractivity contribution in [1.82, 2.24) is 10.6 Å². The van der Waals surface area contributed by atoms with E-state index in [-0.39, 0.29) is 24.4 Å². The Morgan fingerprint density at radius 3 is 2.86 bits per heavy atom. The van der Waals surface area contributed by atoms with Gasteiger partial charge in [-0.1, -0.05) is 0 Å². The highest BCUT2D eigenvalue weighted by atomic mass is 19.1. The first-order valence-corrected chi connectivity index (χ1v) is 7.57. The zero-order chi connectivity index (χ0) is 15.8. The second-order valence-corrected chi connectivity index (χ2v) is 5.35. The number of benzene rings is 1. The van der Waals surface area contributed by atoms with Gasteiger partial charge < -0.3 is 20.1 Å². The maximum absolute atomic E-state index is 13.7. The van der Waals surface area contributed by atoms with E-state index in [9.17, 15) is 9.18 Å². The summed E-state index contributed by atoms with van der Waals surface area (Å²) >= 11 is 0. The molecule has 1 fully saturated rings. The van der Waals surface area contributed by atoms with Crippen LogP contribution in [-0.4, -0.2) is 45.4 Å². The molecule has 0 bridgehead atoms. The lowest BCUT2D eigenvalue weighted by molar-refractivity contribution is 0.0603. The molecule has 1 amide bonds. The molecule has 5 nitrogen and oxygen atoms in total. The van der Waals surface area contributed by atoms with E-state index in [1.54, 1.807) is 13.2 Å². The Morgan fingerprint density at radius 2 is 2.14 bits per heavy atom. The van der Waals surface area contributed by atoms with Crippen LogP contribution in [-0.2, 0) is 16.1 Å². The van der Waals surface area contributed by atoms with Gasteiger partial charge in [-0.25, -0.2) is 4.39 Å². The fourth-order valence-electron chi connectivity index (χ4n) is 2.39. The standard InChI is InChI=1S/C16H23FN2O3/c1-21-8-9-22-11-13-10-12(2-3-15(13)17)16(20)19-14-4-6-18-7-5-14/h2-3,10,14,18H,4-9,11H2,1H3,(H,19,20). The van der Waals surface area contributed by atoms with Crippen LogP contribution in [0.4, 0.5) is 4.39 Å². The summed E-state index contributed by atoms with van der Waals surface area (Å²) < 4.78 is 23.9. The quantitative estimate of drug-likeness (QED) is 0.749. The van der Waals surface area contributed by atoms with E-state index in [1.807, 2.05) is 0 Å². The van der Waals surface area contributed by atoms with Crippen LogP contribution >= 0.6 is 0 Å². The SMILES string of the molecule is COCCOCc1cc(C(=O)NC2CCNCC2)ccc1F. The van der Waals surface area contributed by atoms with Crippen molar-refractivity contribution >= 4 is 5.91 Å². The lowest BCUT2D eigenvalue weighted by atomic mass is 10.1. The van der Waals surface area contributed by atoms with E-state index in [0.717, 1.165) is 25.9 Å². The highest BCUT2D eigenvalue weighted by Gasteiger charge is 2.17. The Balaban J connectivity index is 1.93. The van der Waals surface area contributed by atoms with E-state index >= 15 is 0 Å².